The van der Waals surface area contributed by atoms with Crippen LogP contribution in [0.5, 0.6) is 0 Å². The molecular weight excluding hydrogens is 528 g/mol. The van der Waals surface area contributed by atoms with E-state index in [-0.39, 0.29) is 39.8 Å². The summed E-state index contributed by atoms with van der Waals surface area (Å²) in [5.41, 5.74) is 5.78. The molecule has 0 bridgehead atoms. The van der Waals surface area contributed by atoms with Gasteiger partial charge in [0.05, 0.1) is 17.8 Å². The second-order valence-electron chi connectivity index (χ2n) is 15.2. The largest absolute Gasteiger partial charge is 0.393 e. The van der Waals surface area contributed by atoms with Gasteiger partial charge < -0.3 is 14.6 Å². The molecule has 5 unspecified atom stereocenters. The molecule has 1 saturated heterocycles. The van der Waals surface area contributed by atoms with Crippen molar-refractivity contribution in [2.45, 2.75) is 130 Å². The third-order valence-electron chi connectivity index (χ3n) is 10.3. The molecule has 5 atom stereocenters. The molecule has 4 aliphatic rings. The highest BCUT2D eigenvalue weighted by Gasteiger charge is 2.74. The number of hydrogen-bond donors (Lipinski definition) is 1. The summed E-state index contributed by atoms with van der Waals surface area (Å²) < 4.78 is 12.8. The van der Waals surface area contributed by atoms with E-state index in [0.717, 1.165) is 12.8 Å². The van der Waals surface area contributed by atoms with Gasteiger partial charge >= 0.3 is 0 Å². The summed E-state index contributed by atoms with van der Waals surface area (Å²) in [6, 6.07) is 0. The monoisotopic (exact) mass is 584 g/mol. The van der Waals surface area contributed by atoms with Crippen molar-refractivity contribution in [3.63, 3.8) is 0 Å². The van der Waals surface area contributed by atoms with Crippen molar-refractivity contribution in [1.82, 2.24) is 0 Å². The predicted molar refractivity (Wildman–Crippen MR) is 182 cm³/mol. The number of hydrogen-bond acceptors (Lipinski definition) is 3. The first-order valence-electron chi connectivity index (χ1n) is 16.2. The van der Waals surface area contributed by atoms with Crippen LogP contribution >= 0.6 is 0 Å². The molecule has 3 nitrogen and oxygen atoms in total. The average molecular weight is 585 g/mol. The molecular formula is C40H56O3. The SMILES string of the molecule is CC(C=CC=C(C)C=CC12OC1(C)CC(O)CC2(C)C)=CC=CC=C(C)C=CC=C(C)C1C=C2C(C)(C)CCCC2(C)O1. The van der Waals surface area contributed by atoms with Crippen LogP contribution < -0.4 is 0 Å². The van der Waals surface area contributed by atoms with Crippen molar-refractivity contribution in [3.8, 4) is 0 Å². The topological polar surface area (TPSA) is 42.0 Å². The Labute approximate surface area is 262 Å². The maximum Gasteiger partial charge on any atom is 0.121 e. The van der Waals surface area contributed by atoms with Crippen LogP contribution in [0.2, 0.25) is 0 Å². The van der Waals surface area contributed by atoms with Gasteiger partial charge in [-0.15, -0.1) is 0 Å². The summed E-state index contributed by atoms with van der Waals surface area (Å²) in [6.45, 7) is 22.0. The van der Waals surface area contributed by atoms with Gasteiger partial charge in [-0.05, 0) is 95.9 Å². The lowest BCUT2D eigenvalue weighted by Crippen LogP contribution is -2.46. The van der Waals surface area contributed by atoms with Gasteiger partial charge in [-0.1, -0.05) is 111 Å². The van der Waals surface area contributed by atoms with Gasteiger partial charge in [0.25, 0.3) is 0 Å². The normalized spacial score (nSPS) is 36.6. The molecule has 3 fully saturated rings. The summed E-state index contributed by atoms with van der Waals surface area (Å²) in [6.07, 6.45) is 32.9. The van der Waals surface area contributed by atoms with Gasteiger partial charge in [0, 0.05) is 11.8 Å². The van der Waals surface area contributed by atoms with Crippen molar-refractivity contribution in [1.29, 1.82) is 0 Å². The smallest absolute Gasteiger partial charge is 0.121 e. The van der Waals surface area contributed by atoms with E-state index in [1.54, 1.807) is 0 Å². The van der Waals surface area contributed by atoms with E-state index in [1.807, 2.05) is 0 Å². The Kier molecular flexibility index (Phi) is 9.72. The summed E-state index contributed by atoms with van der Waals surface area (Å²) in [5, 5.41) is 10.3. The number of rotatable bonds is 9. The highest BCUT2D eigenvalue weighted by atomic mass is 16.6. The Morgan fingerprint density at radius 2 is 1.35 bits per heavy atom. The highest BCUT2D eigenvalue weighted by molar-refractivity contribution is 5.38. The zero-order valence-corrected chi connectivity index (χ0v) is 28.5. The number of epoxide rings is 1. The van der Waals surface area contributed by atoms with Crippen molar-refractivity contribution < 1.29 is 14.6 Å². The van der Waals surface area contributed by atoms with Gasteiger partial charge in [0.2, 0.25) is 0 Å². The third kappa shape index (κ3) is 7.27. The summed E-state index contributed by atoms with van der Waals surface area (Å²) in [4.78, 5) is 0. The fourth-order valence-corrected chi connectivity index (χ4v) is 7.77. The minimum atomic E-state index is -0.286. The molecule has 0 aromatic carbocycles. The molecule has 2 saturated carbocycles. The molecule has 2 aliphatic heterocycles. The number of aliphatic hydroxyl groups is 1. The van der Waals surface area contributed by atoms with Crippen molar-refractivity contribution >= 4 is 0 Å². The maximum absolute atomic E-state index is 10.3. The van der Waals surface area contributed by atoms with E-state index in [4.69, 9.17) is 9.47 Å². The van der Waals surface area contributed by atoms with Crippen LogP contribution in [0.1, 0.15) is 101 Å². The molecule has 234 valence electrons. The Morgan fingerprint density at radius 1 is 0.767 bits per heavy atom. The van der Waals surface area contributed by atoms with Crippen molar-refractivity contribution in [3.05, 3.63) is 107 Å². The van der Waals surface area contributed by atoms with E-state index in [1.165, 1.54) is 40.7 Å². The second-order valence-corrected chi connectivity index (χ2v) is 15.2. The van der Waals surface area contributed by atoms with E-state index in [9.17, 15) is 5.11 Å². The third-order valence-corrected chi connectivity index (χ3v) is 10.3. The zero-order valence-electron chi connectivity index (χ0n) is 28.5. The van der Waals surface area contributed by atoms with Crippen molar-refractivity contribution in [2.75, 3.05) is 0 Å². The minimum Gasteiger partial charge on any atom is -0.393 e. The Bertz CT molecular complexity index is 1340. The molecule has 4 rings (SSSR count). The van der Waals surface area contributed by atoms with Crippen molar-refractivity contribution in [2.24, 2.45) is 10.8 Å². The van der Waals surface area contributed by atoms with Gasteiger partial charge in [0.15, 0.2) is 0 Å². The predicted octanol–water partition coefficient (Wildman–Crippen LogP) is 10.00. The molecule has 0 aromatic rings. The molecule has 1 N–H and O–H groups in total. The number of ether oxygens (including phenoxy) is 2. The summed E-state index contributed by atoms with van der Waals surface area (Å²) in [5.74, 6) is 0. The lowest BCUT2D eigenvalue weighted by Gasteiger charge is -2.42. The Balaban J connectivity index is 1.27. The van der Waals surface area contributed by atoms with E-state index < -0.39 is 0 Å². The van der Waals surface area contributed by atoms with Crippen LogP contribution in [0.25, 0.3) is 0 Å². The van der Waals surface area contributed by atoms with Crippen LogP contribution in [0, 0.1) is 10.8 Å². The minimum absolute atomic E-state index is 0.0730. The van der Waals surface area contributed by atoms with E-state index in [2.05, 4.69) is 148 Å². The molecule has 0 aromatic heterocycles. The Morgan fingerprint density at radius 3 is 1.95 bits per heavy atom. The molecule has 3 heteroatoms. The molecule has 0 radical (unpaired) electrons. The van der Waals surface area contributed by atoms with Crippen LogP contribution in [0.15, 0.2) is 107 Å². The number of aliphatic hydroxyl groups excluding tert-OH is 1. The summed E-state index contributed by atoms with van der Waals surface area (Å²) in [7, 11) is 0. The molecule has 2 aliphatic carbocycles. The number of fused-ring (bicyclic) bond motifs is 2. The van der Waals surface area contributed by atoms with E-state index >= 15 is 0 Å². The molecule has 43 heavy (non-hydrogen) atoms. The van der Waals surface area contributed by atoms with Gasteiger partial charge in [-0.3, -0.25) is 0 Å². The first-order valence-corrected chi connectivity index (χ1v) is 16.2. The van der Waals surface area contributed by atoms with Crippen LogP contribution in [0.3, 0.4) is 0 Å². The van der Waals surface area contributed by atoms with Crippen LogP contribution in [-0.4, -0.2) is 34.1 Å². The van der Waals surface area contributed by atoms with Crippen LogP contribution in [-0.2, 0) is 9.47 Å². The second kappa shape index (κ2) is 12.5. The highest BCUT2D eigenvalue weighted by Crippen LogP contribution is 2.66. The first kappa shape index (κ1) is 33.4. The van der Waals surface area contributed by atoms with E-state index in [0.29, 0.717) is 6.42 Å². The zero-order chi connectivity index (χ0) is 31.7. The van der Waals surface area contributed by atoms with Gasteiger partial charge in [0.1, 0.15) is 11.2 Å². The summed E-state index contributed by atoms with van der Waals surface area (Å²) >= 11 is 0. The van der Waals surface area contributed by atoms with Gasteiger partial charge in [-0.2, -0.15) is 0 Å². The van der Waals surface area contributed by atoms with Gasteiger partial charge in [-0.25, -0.2) is 0 Å². The number of allylic oxidation sites excluding steroid dienone is 14. The standard InChI is InChI=1S/C40H56O3/c1-29(18-13-19-31(3)22-25-40-37(7,8)27-33(41)28-39(40,10)43-40)16-11-12-17-30(2)20-14-21-32(4)34-26-35-36(5,6)23-15-24-38(35,9)42-34/h11-14,16-22,25-26,33-34,41H,15,23-24,27-28H2,1-10H3. The Hall–Kier alpha value is -2.46. The quantitative estimate of drug-likeness (QED) is 0.167. The lowest BCUT2D eigenvalue weighted by atomic mass is 9.63. The lowest BCUT2D eigenvalue weighted by molar-refractivity contribution is -0.0307. The van der Waals surface area contributed by atoms with Crippen LogP contribution in [0.4, 0.5) is 0 Å². The average Bonchev–Trinajstić information content (AvgIpc) is 3.34. The fourth-order valence-electron chi connectivity index (χ4n) is 7.77. The molecule has 2 heterocycles. The fraction of sp³-hybridized carbons (Fsp3) is 0.550. The molecule has 0 amide bonds. The molecule has 0 spiro atoms. The maximum atomic E-state index is 10.3. The first-order chi connectivity index (χ1) is 20.0.